The van der Waals surface area contributed by atoms with E-state index in [9.17, 15) is 0 Å². The van der Waals surface area contributed by atoms with Gasteiger partial charge in [-0.05, 0) is 24.6 Å². The minimum absolute atomic E-state index is 0.0357. The summed E-state index contributed by atoms with van der Waals surface area (Å²) in [5.41, 5.74) is 7.80. The summed E-state index contributed by atoms with van der Waals surface area (Å²) in [6.07, 6.45) is 0. The second-order valence-corrected chi connectivity index (χ2v) is 4.27. The first kappa shape index (κ1) is 10.2. The monoisotopic (exact) mass is 204 g/mol. The van der Waals surface area contributed by atoms with E-state index in [-0.39, 0.29) is 6.04 Å². The van der Waals surface area contributed by atoms with Crippen LogP contribution in [0.1, 0.15) is 44.1 Å². The average molecular weight is 204 g/mol. The van der Waals surface area contributed by atoms with Gasteiger partial charge >= 0.3 is 0 Å². The van der Waals surface area contributed by atoms with Crippen LogP contribution in [0.2, 0.25) is 0 Å². The highest BCUT2D eigenvalue weighted by Gasteiger charge is 2.12. The molecule has 1 unspecified atom stereocenters. The molecule has 1 heterocycles. The minimum atomic E-state index is 0.0357. The van der Waals surface area contributed by atoms with Crippen LogP contribution in [-0.4, -0.2) is 5.16 Å². The van der Waals surface area contributed by atoms with Crippen molar-refractivity contribution in [2.75, 3.05) is 0 Å². The third kappa shape index (κ3) is 1.75. The van der Waals surface area contributed by atoms with Crippen molar-refractivity contribution in [1.82, 2.24) is 5.16 Å². The zero-order valence-electron chi connectivity index (χ0n) is 9.32. The van der Waals surface area contributed by atoms with Crippen molar-refractivity contribution >= 4 is 10.9 Å². The fraction of sp³-hybridized carbons (Fsp3) is 0.417. The van der Waals surface area contributed by atoms with Gasteiger partial charge in [0.1, 0.15) is 11.3 Å². The molecular weight excluding hydrogens is 188 g/mol. The predicted molar refractivity (Wildman–Crippen MR) is 60.7 cm³/mol. The van der Waals surface area contributed by atoms with Crippen LogP contribution in [-0.2, 0) is 0 Å². The Labute approximate surface area is 89.2 Å². The number of hydrogen-bond acceptors (Lipinski definition) is 3. The molecular formula is C12H16N2O. The van der Waals surface area contributed by atoms with Gasteiger partial charge in [0.2, 0.25) is 0 Å². The predicted octanol–water partition coefficient (Wildman–Crippen LogP) is 2.97. The molecule has 2 aromatic rings. The summed E-state index contributed by atoms with van der Waals surface area (Å²) < 4.78 is 5.32. The highest BCUT2D eigenvalue weighted by molar-refractivity contribution is 5.81. The second kappa shape index (κ2) is 3.66. The first-order valence-electron chi connectivity index (χ1n) is 5.24. The highest BCUT2D eigenvalue weighted by Crippen LogP contribution is 2.26. The Hall–Kier alpha value is -1.35. The molecule has 0 spiro atoms. The number of nitrogens with zero attached hydrogens (tertiary/aromatic N) is 1. The van der Waals surface area contributed by atoms with E-state index in [0.29, 0.717) is 5.92 Å². The fourth-order valence-corrected chi connectivity index (χ4v) is 1.68. The van der Waals surface area contributed by atoms with E-state index in [1.165, 1.54) is 0 Å². The zero-order valence-corrected chi connectivity index (χ0v) is 9.32. The molecule has 2 rings (SSSR count). The molecule has 1 aromatic carbocycles. The summed E-state index contributed by atoms with van der Waals surface area (Å²) in [4.78, 5) is 0. The van der Waals surface area contributed by atoms with Gasteiger partial charge < -0.3 is 10.3 Å². The molecule has 0 radical (unpaired) electrons. The van der Waals surface area contributed by atoms with Crippen molar-refractivity contribution in [1.29, 1.82) is 0 Å². The van der Waals surface area contributed by atoms with Gasteiger partial charge in [-0.1, -0.05) is 25.1 Å². The lowest BCUT2D eigenvalue weighted by molar-refractivity contribution is 0.378. The van der Waals surface area contributed by atoms with E-state index < -0.39 is 0 Å². The maximum Gasteiger partial charge on any atom is 0.147 e. The molecule has 0 fully saturated rings. The maximum absolute atomic E-state index is 5.81. The van der Waals surface area contributed by atoms with Crippen LogP contribution in [0.15, 0.2) is 22.7 Å². The first-order chi connectivity index (χ1) is 7.09. The van der Waals surface area contributed by atoms with E-state index in [1.54, 1.807) is 0 Å². The Morgan fingerprint density at radius 1 is 1.27 bits per heavy atom. The molecule has 0 bridgehead atoms. The summed E-state index contributed by atoms with van der Waals surface area (Å²) in [6, 6.07) is 6.11. The Kier molecular flexibility index (Phi) is 2.49. The molecule has 80 valence electrons. The van der Waals surface area contributed by atoms with Crippen LogP contribution in [0.25, 0.3) is 10.9 Å². The van der Waals surface area contributed by atoms with E-state index >= 15 is 0 Å². The van der Waals surface area contributed by atoms with Crippen LogP contribution < -0.4 is 5.73 Å². The Bertz CT molecular complexity index is 471. The standard InChI is InChI=1S/C12H16N2O/c1-7(2)12-10-5-4-9(8(3)13)6-11(10)14-15-12/h4-8H,13H2,1-3H3. The number of fused-ring (bicyclic) bond motifs is 1. The van der Waals surface area contributed by atoms with Crippen molar-refractivity contribution in [3.63, 3.8) is 0 Å². The zero-order chi connectivity index (χ0) is 11.0. The Morgan fingerprint density at radius 3 is 2.60 bits per heavy atom. The average Bonchev–Trinajstić information content (AvgIpc) is 2.59. The summed E-state index contributed by atoms with van der Waals surface area (Å²) in [5.74, 6) is 1.30. The second-order valence-electron chi connectivity index (χ2n) is 4.27. The van der Waals surface area contributed by atoms with Gasteiger partial charge in [-0.2, -0.15) is 0 Å². The molecule has 0 aliphatic carbocycles. The molecule has 15 heavy (non-hydrogen) atoms. The SMILES string of the molecule is CC(C)c1onc2cc(C(C)N)ccc12. The molecule has 0 saturated carbocycles. The molecule has 3 heteroatoms. The molecule has 3 nitrogen and oxygen atoms in total. The molecule has 0 saturated heterocycles. The fourth-order valence-electron chi connectivity index (χ4n) is 1.68. The van der Waals surface area contributed by atoms with Gasteiger partial charge in [0.15, 0.2) is 0 Å². The van der Waals surface area contributed by atoms with Crippen molar-refractivity contribution in [2.45, 2.75) is 32.7 Å². The molecule has 0 amide bonds. The first-order valence-corrected chi connectivity index (χ1v) is 5.24. The van der Waals surface area contributed by atoms with Gasteiger partial charge in [-0.25, -0.2) is 0 Å². The number of rotatable bonds is 2. The normalized spacial score (nSPS) is 13.7. The number of benzene rings is 1. The van der Waals surface area contributed by atoms with Crippen LogP contribution in [0.5, 0.6) is 0 Å². The molecule has 0 aliphatic rings. The lowest BCUT2D eigenvalue weighted by Crippen LogP contribution is -2.04. The van der Waals surface area contributed by atoms with Crippen molar-refractivity contribution in [3.8, 4) is 0 Å². The van der Waals surface area contributed by atoms with Gasteiger partial charge in [-0.15, -0.1) is 0 Å². The smallest absolute Gasteiger partial charge is 0.147 e. The lowest BCUT2D eigenvalue weighted by atomic mass is 10.0. The van der Waals surface area contributed by atoms with Crippen molar-refractivity contribution in [2.24, 2.45) is 5.73 Å². The minimum Gasteiger partial charge on any atom is -0.360 e. The topological polar surface area (TPSA) is 52.0 Å². The number of nitrogens with two attached hydrogens (primary N) is 1. The summed E-state index contributed by atoms with van der Waals surface area (Å²) in [6.45, 7) is 6.16. The summed E-state index contributed by atoms with van der Waals surface area (Å²) in [5, 5.41) is 5.14. The highest BCUT2D eigenvalue weighted by atomic mass is 16.5. The quantitative estimate of drug-likeness (QED) is 0.818. The van der Waals surface area contributed by atoms with E-state index in [4.69, 9.17) is 10.3 Å². The van der Waals surface area contributed by atoms with Crippen LogP contribution >= 0.6 is 0 Å². The number of aromatic nitrogens is 1. The van der Waals surface area contributed by atoms with E-state index in [1.807, 2.05) is 25.1 Å². The molecule has 2 N–H and O–H groups in total. The third-order valence-electron chi connectivity index (χ3n) is 2.58. The molecule has 0 aliphatic heterocycles. The Morgan fingerprint density at radius 2 is 2.00 bits per heavy atom. The summed E-state index contributed by atoms with van der Waals surface area (Å²) in [7, 11) is 0. The third-order valence-corrected chi connectivity index (χ3v) is 2.58. The lowest BCUT2D eigenvalue weighted by Gasteiger charge is -2.04. The number of hydrogen-bond donors (Lipinski definition) is 1. The van der Waals surface area contributed by atoms with Crippen LogP contribution in [0, 0.1) is 0 Å². The van der Waals surface area contributed by atoms with E-state index in [2.05, 4.69) is 19.0 Å². The van der Waals surface area contributed by atoms with Gasteiger partial charge in [-0.3, -0.25) is 0 Å². The van der Waals surface area contributed by atoms with Gasteiger partial charge in [0, 0.05) is 17.3 Å². The molecule has 1 aromatic heterocycles. The summed E-state index contributed by atoms with van der Waals surface area (Å²) >= 11 is 0. The largest absolute Gasteiger partial charge is 0.360 e. The van der Waals surface area contributed by atoms with Crippen molar-refractivity contribution in [3.05, 3.63) is 29.5 Å². The van der Waals surface area contributed by atoms with Gasteiger partial charge in [0.05, 0.1) is 0 Å². The molecule has 1 atom stereocenters. The van der Waals surface area contributed by atoms with E-state index in [0.717, 1.165) is 22.2 Å². The maximum atomic E-state index is 5.81. The van der Waals surface area contributed by atoms with Crippen molar-refractivity contribution < 1.29 is 4.52 Å². The van der Waals surface area contributed by atoms with Crippen LogP contribution in [0.3, 0.4) is 0 Å². The van der Waals surface area contributed by atoms with Gasteiger partial charge in [0.25, 0.3) is 0 Å². The Balaban J connectivity index is 2.57. The van der Waals surface area contributed by atoms with Crippen LogP contribution in [0.4, 0.5) is 0 Å².